The molecule has 0 aromatic carbocycles. The summed E-state index contributed by atoms with van der Waals surface area (Å²) in [7, 11) is 0. The molecule has 5 heteroatoms. The maximum atomic E-state index is 11.7. The molecule has 17 heavy (non-hydrogen) atoms. The van der Waals surface area contributed by atoms with Crippen molar-refractivity contribution in [2.45, 2.75) is 45.1 Å². The first-order chi connectivity index (χ1) is 8.04. The highest BCUT2D eigenvalue weighted by atomic mass is 16.4. The third-order valence-electron chi connectivity index (χ3n) is 3.40. The molecule has 1 saturated carbocycles. The van der Waals surface area contributed by atoms with Crippen molar-refractivity contribution in [2.75, 3.05) is 6.54 Å². The van der Waals surface area contributed by atoms with Crippen molar-refractivity contribution in [3.8, 4) is 0 Å². The minimum atomic E-state index is -0.804. The van der Waals surface area contributed by atoms with E-state index in [9.17, 15) is 14.7 Å². The molecule has 0 aliphatic heterocycles. The maximum Gasteiger partial charge on any atom is 0.306 e. The van der Waals surface area contributed by atoms with Gasteiger partial charge in [0.25, 0.3) is 0 Å². The molecular formula is C12H21NO4. The molecule has 3 atom stereocenters. The first kappa shape index (κ1) is 14.0. The predicted octanol–water partition coefficient (Wildman–Crippen LogP) is 0.764. The Balaban J connectivity index is 2.23. The summed E-state index contributed by atoms with van der Waals surface area (Å²) in [6, 6.07) is 0. The molecule has 1 fully saturated rings. The standard InChI is InChI=1S/C12H21NO4/c1-2-10(14)5-6-13-11(15)8-3-4-9(7-8)12(16)17/h8-10,14H,2-7H2,1H3,(H,13,15)(H,16,17)/t8-,9+,10?/m1/s1. The van der Waals surface area contributed by atoms with Gasteiger partial charge in [-0.3, -0.25) is 9.59 Å². The Hall–Kier alpha value is -1.10. The topological polar surface area (TPSA) is 86.6 Å². The number of hydrogen-bond donors (Lipinski definition) is 3. The smallest absolute Gasteiger partial charge is 0.306 e. The first-order valence-corrected chi connectivity index (χ1v) is 6.23. The number of aliphatic carboxylic acids is 1. The van der Waals surface area contributed by atoms with Crippen LogP contribution in [0, 0.1) is 11.8 Å². The summed E-state index contributed by atoms with van der Waals surface area (Å²) >= 11 is 0. The second kappa shape index (κ2) is 6.59. The number of carboxylic acids is 1. The highest BCUT2D eigenvalue weighted by Gasteiger charge is 2.33. The van der Waals surface area contributed by atoms with Gasteiger partial charge < -0.3 is 15.5 Å². The zero-order valence-electron chi connectivity index (χ0n) is 10.2. The molecule has 0 heterocycles. The molecule has 3 N–H and O–H groups in total. The normalized spacial score (nSPS) is 25.5. The molecule has 0 aromatic heterocycles. The van der Waals surface area contributed by atoms with Gasteiger partial charge in [0.15, 0.2) is 0 Å². The van der Waals surface area contributed by atoms with Crippen LogP contribution in [0.4, 0.5) is 0 Å². The second-order valence-electron chi connectivity index (χ2n) is 4.69. The molecule has 0 spiro atoms. The monoisotopic (exact) mass is 243 g/mol. The Morgan fingerprint density at radius 3 is 2.53 bits per heavy atom. The van der Waals surface area contributed by atoms with Crippen LogP contribution in [0.2, 0.25) is 0 Å². The fourth-order valence-corrected chi connectivity index (χ4v) is 2.15. The maximum absolute atomic E-state index is 11.7. The van der Waals surface area contributed by atoms with Crippen molar-refractivity contribution >= 4 is 11.9 Å². The van der Waals surface area contributed by atoms with Gasteiger partial charge in [-0.25, -0.2) is 0 Å². The van der Waals surface area contributed by atoms with Crippen molar-refractivity contribution in [3.05, 3.63) is 0 Å². The van der Waals surface area contributed by atoms with Gasteiger partial charge in [0.2, 0.25) is 5.91 Å². The Kier molecular flexibility index (Phi) is 5.41. The Morgan fingerprint density at radius 2 is 2.00 bits per heavy atom. The van der Waals surface area contributed by atoms with Gasteiger partial charge in [0.1, 0.15) is 0 Å². The third kappa shape index (κ3) is 4.34. The Morgan fingerprint density at radius 1 is 1.35 bits per heavy atom. The van der Waals surface area contributed by atoms with Crippen LogP contribution in [-0.2, 0) is 9.59 Å². The van der Waals surface area contributed by atoms with Gasteiger partial charge in [0, 0.05) is 12.5 Å². The Labute approximate surface area is 101 Å². The average Bonchev–Trinajstić information content (AvgIpc) is 2.78. The zero-order chi connectivity index (χ0) is 12.8. The molecule has 1 amide bonds. The summed E-state index contributed by atoms with van der Waals surface area (Å²) in [6.07, 6.45) is 2.55. The third-order valence-corrected chi connectivity index (χ3v) is 3.40. The molecule has 1 unspecified atom stereocenters. The second-order valence-corrected chi connectivity index (χ2v) is 4.69. The van der Waals surface area contributed by atoms with Gasteiger partial charge in [-0.15, -0.1) is 0 Å². The van der Waals surface area contributed by atoms with Crippen LogP contribution >= 0.6 is 0 Å². The lowest BCUT2D eigenvalue weighted by Gasteiger charge is -2.12. The number of amides is 1. The van der Waals surface area contributed by atoms with E-state index in [4.69, 9.17) is 5.11 Å². The van der Waals surface area contributed by atoms with Gasteiger partial charge >= 0.3 is 5.97 Å². The SMILES string of the molecule is CCC(O)CCNC(=O)[C@@H]1CC[C@H](C(=O)O)C1. The van der Waals surface area contributed by atoms with Gasteiger partial charge in [0.05, 0.1) is 12.0 Å². The van der Waals surface area contributed by atoms with E-state index in [-0.39, 0.29) is 23.8 Å². The van der Waals surface area contributed by atoms with Crippen molar-refractivity contribution < 1.29 is 19.8 Å². The quantitative estimate of drug-likeness (QED) is 0.643. The van der Waals surface area contributed by atoms with Crippen LogP contribution in [0.5, 0.6) is 0 Å². The fraction of sp³-hybridized carbons (Fsp3) is 0.833. The predicted molar refractivity (Wildman–Crippen MR) is 62.4 cm³/mol. The van der Waals surface area contributed by atoms with Gasteiger partial charge in [-0.2, -0.15) is 0 Å². The minimum absolute atomic E-state index is 0.0722. The van der Waals surface area contributed by atoms with Crippen LogP contribution in [0.25, 0.3) is 0 Å². The molecule has 5 nitrogen and oxygen atoms in total. The number of carbonyl (C=O) groups excluding carboxylic acids is 1. The molecule has 1 rings (SSSR count). The van der Waals surface area contributed by atoms with Crippen molar-refractivity contribution in [2.24, 2.45) is 11.8 Å². The lowest BCUT2D eigenvalue weighted by Crippen LogP contribution is -2.32. The lowest BCUT2D eigenvalue weighted by atomic mass is 10.0. The van der Waals surface area contributed by atoms with E-state index < -0.39 is 5.97 Å². The van der Waals surface area contributed by atoms with E-state index in [1.807, 2.05) is 6.92 Å². The van der Waals surface area contributed by atoms with E-state index in [0.717, 1.165) is 0 Å². The lowest BCUT2D eigenvalue weighted by molar-refractivity contribution is -0.141. The van der Waals surface area contributed by atoms with Crippen LogP contribution < -0.4 is 5.32 Å². The highest BCUT2D eigenvalue weighted by Crippen LogP contribution is 2.30. The van der Waals surface area contributed by atoms with Crippen molar-refractivity contribution in [1.29, 1.82) is 0 Å². The number of nitrogens with one attached hydrogen (secondary N) is 1. The molecule has 1 aliphatic rings. The molecule has 0 radical (unpaired) electrons. The number of carbonyl (C=O) groups is 2. The highest BCUT2D eigenvalue weighted by molar-refractivity contribution is 5.80. The molecular weight excluding hydrogens is 222 g/mol. The first-order valence-electron chi connectivity index (χ1n) is 6.23. The molecule has 0 saturated heterocycles. The van der Waals surface area contributed by atoms with Gasteiger partial charge in [-0.05, 0) is 32.1 Å². The van der Waals surface area contributed by atoms with E-state index in [2.05, 4.69) is 5.32 Å². The van der Waals surface area contributed by atoms with E-state index >= 15 is 0 Å². The fourth-order valence-electron chi connectivity index (χ4n) is 2.15. The average molecular weight is 243 g/mol. The van der Waals surface area contributed by atoms with Crippen molar-refractivity contribution in [1.82, 2.24) is 5.32 Å². The van der Waals surface area contributed by atoms with E-state index in [1.165, 1.54) is 0 Å². The molecule has 98 valence electrons. The van der Waals surface area contributed by atoms with Crippen LogP contribution in [-0.4, -0.2) is 34.7 Å². The summed E-state index contributed by atoms with van der Waals surface area (Å²) < 4.78 is 0. The van der Waals surface area contributed by atoms with Gasteiger partial charge in [-0.1, -0.05) is 6.92 Å². The number of carboxylic acid groups (broad SMARTS) is 1. The zero-order valence-corrected chi connectivity index (χ0v) is 10.2. The molecule has 0 aromatic rings. The number of aliphatic hydroxyl groups is 1. The van der Waals surface area contributed by atoms with Crippen LogP contribution in [0.3, 0.4) is 0 Å². The van der Waals surface area contributed by atoms with E-state index in [1.54, 1.807) is 0 Å². The summed E-state index contributed by atoms with van der Waals surface area (Å²) in [5.41, 5.74) is 0. The summed E-state index contributed by atoms with van der Waals surface area (Å²) in [6.45, 7) is 2.35. The van der Waals surface area contributed by atoms with Crippen molar-refractivity contribution in [3.63, 3.8) is 0 Å². The largest absolute Gasteiger partial charge is 0.481 e. The number of rotatable bonds is 6. The van der Waals surface area contributed by atoms with E-state index in [0.29, 0.717) is 38.6 Å². The summed E-state index contributed by atoms with van der Waals surface area (Å²) in [4.78, 5) is 22.4. The number of hydrogen-bond acceptors (Lipinski definition) is 3. The minimum Gasteiger partial charge on any atom is -0.481 e. The molecule has 0 bridgehead atoms. The van der Waals surface area contributed by atoms with Crippen LogP contribution in [0.1, 0.15) is 39.0 Å². The summed E-state index contributed by atoms with van der Waals surface area (Å²) in [5.74, 6) is -1.42. The summed E-state index contributed by atoms with van der Waals surface area (Å²) in [5, 5.41) is 20.9. The molecule has 1 aliphatic carbocycles. The Bertz CT molecular complexity index is 280. The van der Waals surface area contributed by atoms with Crippen LogP contribution in [0.15, 0.2) is 0 Å². The number of aliphatic hydroxyl groups excluding tert-OH is 1.